The molecule has 0 aromatic carbocycles. The van der Waals surface area contributed by atoms with Crippen molar-refractivity contribution in [2.75, 3.05) is 0 Å². The van der Waals surface area contributed by atoms with E-state index in [1.165, 1.54) is 6.92 Å². The van der Waals surface area contributed by atoms with Crippen LogP contribution >= 0.6 is 0 Å². The van der Waals surface area contributed by atoms with Gasteiger partial charge in [0.2, 0.25) is 0 Å². The first-order valence-electron chi connectivity index (χ1n) is 8.83. The second-order valence-electron chi connectivity index (χ2n) is 7.39. The molecule has 0 heterocycles. The van der Waals surface area contributed by atoms with E-state index in [9.17, 15) is 17.6 Å². The van der Waals surface area contributed by atoms with Gasteiger partial charge in [-0.05, 0) is 70.1 Å². The van der Waals surface area contributed by atoms with Crippen LogP contribution in [0, 0.1) is 17.2 Å². The molecule has 2 saturated carbocycles. The van der Waals surface area contributed by atoms with E-state index in [0.717, 1.165) is 0 Å². The zero-order chi connectivity index (χ0) is 18.2. The molecule has 0 saturated heterocycles. The Hall–Kier alpha value is -0.280. The molecule has 0 bridgehead atoms. The third kappa shape index (κ3) is 6.45. The van der Waals surface area contributed by atoms with Crippen molar-refractivity contribution in [3.05, 3.63) is 0 Å². The molecule has 0 unspecified atom stereocenters. The summed E-state index contributed by atoms with van der Waals surface area (Å²) in [5, 5.41) is 0. The van der Waals surface area contributed by atoms with Crippen LogP contribution in [0.5, 0.6) is 0 Å². The van der Waals surface area contributed by atoms with Gasteiger partial charge in [-0.25, -0.2) is 4.39 Å². The monoisotopic (exact) mass is 328 g/mol. The Morgan fingerprint density at radius 1 is 0.864 bits per heavy atom. The fraction of sp³-hybridized carbons (Fsp3) is 1.00. The molecule has 2 aliphatic rings. The Labute approximate surface area is 136 Å². The average molecular weight is 328 g/mol. The number of halogens is 4. The summed E-state index contributed by atoms with van der Waals surface area (Å²) < 4.78 is 66.0. The normalized spacial score (nSPS) is 47.3. The van der Waals surface area contributed by atoms with Crippen LogP contribution in [-0.4, -0.2) is 11.8 Å². The highest BCUT2D eigenvalue weighted by Crippen LogP contribution is 2.49. The summed E-state index contributed by atoms with van der Waals surface area (Å²) in [5.74, 6) is -1.00. The molecule has 134 valence electrons. The maximum Gasteiger partial charge on any atom is 0.394 e. The van der Waals surface area contributed by atoms with Crippen LogP contribution in [0.4, 0.5) is 17.6 Å². The molecule has 0 nitrogen and oxygen atoms in total. The Kier molecular flexibility index (Phi) is 6.58. The Morgan fingerprint density at radius 2 is 1.18 bits per heavy atom. The van der Waals surface area contributed by atoms with Crippen LogP contribution in [0.1, 0.15) is 89.2 Å². The Bertz CT molecular complexity index is 362. The summed E-state index contributed by atoms with van der Waals surface area (Å²) in [6.07, 6.45) is -0.678. The van der Waals surface area contributed by atoms with Crippen molar-refractivity contribution in [1.82, 2.24) is 0 Å². The highest BCUT2D eigenvalue weighted by Gasteiger charge is 2.51. The summed E-state index contributed by atoms with van der Waals surface area (Å²) in [5.41, 5.74) is -2.53. The fourth-order valence-electron chi connectivity index (χ4n) is 2.71. The van der Waals surface area contributed by atoms with Gasteiger partial charge in [-0.2, -0.15) is 13.2 Å². The van der Waals surface area contributed by atoms with Crippen LogP contribution in [0.2, 0.25) is 0 Å². The van der Waals surface area contributed by atoms with Crippen molar-refractivity contribution in [3.8, 4) is 0 Å². The molecule has 2 rings (SSSR count). The molecule has 0 spiro atoms. The average Bonchev–Trinajstić information content (AvgIpc) is 2.37. The van der Waals surface area contributed by atoms with E-state index in [2.05, 4.69) is 0 Å². The smallest absolute Gasteiger partial charge is 0.244 e. The lowest BCUT2D eigenvalue weighted by Crippen LogP contribution is -2.38. The number of alkyl halides is 4. The van der Waals surface area contributed by atoms with Crippen LogP contribution in [0.25, 0.3) is 0 Å². The summed E-state index contributed by atoms with van der Waals surface area (Å²) >= 11 is 0. The van der Waals surface area contributed by atoms with Crippen molar-refractivity contribution in [2.24, 2.45) is 17.2 Å². The zero-order valence-electron chi connectivity index (χ0n) is 15.7. The third-order valence-corrected chi connectivity index (χ3v) is 5.04. The topological polar surface area (TPSA) is 0 Å². The van der Waals surface area contributed by atoms with Crippen molar-refractivity contribution in [2.45, 2.75) is 98.3 Å². The van der Waals surface area contributed by atoms with Crippen molar-refractivity contribution in [3.63, 3.8) is 0 Å². The van der Waals surface area contributed by atoms with Crippen molar-refractivity contribution in [1.29, 1.82) is 0 Å². The molecule has 22 heavy (non-hydrogen) atoms. The first kappa shape index (κ1) is 18.1. The summed E-state index contributed by atoms with van der Waals surface area (Å²) in [6, 6.07) is 0. The first-order valence-corrected chi connectivity index (χ1v) is 7.83. The zero-order valence-corrected chi connectivity index (χ0v) is 13.7. The molecular formula is C18H34F4. The van der Waals surface area contributed by atoms with E-state index in [4.69, 9.17) is 2.74 Å². The first-order chi connectivity index (χ1) is 10.1. The summed E-state index contributed by atoms with van der Waals surface area (Å²) in [4.78, 5) is 0. The van der Waals surface area contributed by atoms with Crippen LogP contribution in [0.3, 0.4) is 0 Å². The highest BCUT2D eigenvalue weighted by atomic mass is 19.4. The summed E-state index contributed by atoms with van der Waals surface area (Å²) in [7, 11) is 0. The maximum absolute atomic E-state index is 13.1. The predicted molar refractivity (Wildman–Crippen MR) is 85.7 cm³/mol. The van der Waals surface area contributed by atoms with Gasteiger partial charge in [0.25, 0.3) is 0 Å². The Balaban J connectivity index is 0.000000436. The molecule has 0 aromatic heterocycles. The minimum Gasteiger partial charge on any atom is -0.244 e. The van der Waals surface area contributed by atoms with Crippen molar-refractivity contribution < 1.29 is 20.3 Å². The number of rotatable bonds is 0. The maximum atomic E-state index is 13.1. The second-order valence-corrected chi connectivity index (χ2v) is 7.39. The number of hydrogen-bond donors (Lipinski definition) is 0. The minimum atomic E-state index is -4.11. The van der Waals surface area contributed by atoms with Gasteiger partial charge in [0.15, 0.2) is 0 Å². The molecule has 0 N–H and O–H groups in total. The molecule has 2 fully saturated rings. The molecule has 2 aliphatic carbocycles. The molecular weight excluding hydrogens is 292 g/mol. The largest absolute Gasteiger partial charge is 0.394 e. The molecule has 0 aliphatic heterocycles. The fourth-order valence-corrected chi connectivity index (χ4v) is 2.71. The minimum absolute atomic E-state index is 0. The van der Waals surface area contributed by atoms with Gasteiger partial charge in [-0.15, -0.1) is 0 Å². The van der Waals surface area contributed by atoms with Gasteiger partial charge in [0.1, 0.15) is 5.67 Å². The molecule has 0 amide bonds. The van der Waals surface area contributed by atoms with Crippen LogP contribution in [-0.2, 0) is 0 Å². The Morgan fingerprint density at radius 3 is 1.45 bits per heavy atom. The third-order valence-electron chi connectivity index (χ3n) is 5.04. The lowest BCUT2D eigenvalue weighted by atomic mass is 9.72. The second kappa shape index (κ2) is 8.01. The van der Waals surface area contributed by atoms with E-state index in [1.54, 1.807) is 13.8 Å². The number of hydrogen-bond acceptors (Lipinski definition) is 0. The molecule has 0 aromatic rings. The van der Waals surface area contributed by atoms with Crippen molar-refractivity contribution >= 4 is 0 Å². The van der Waals surface area contributed by atoms with E-state index in [1.807, 2.05) is 6.92 Å². The lowest BCUT2D eigenvalue weighted by molar-refractivity contribution is -0.229. The van der Waals surface area contributed by atoms with E-state index < -0.39 is 23.2 Å². The SMILES string of the molecule is C.[2H]C1(C)CCC(C)(C(F)(F)F)CC1.[2H]C1(C)CCC(C)(F)CC1. The van der Waals surface area contributed by atoms with Gasteiger partial charge in [-0.1, -0.05) is 28.2 Å². The quantitative estimate of drug-likeness (QED) is 0.408. The van der Waals surface area contributed by atoms with Gasteiger partial charge in [0, 0.05) is 2.74 Å². The molecule has 0 radical (unpaired) electrons. The van der Waals surface area contributed by atoms with E-state index in [0.29, 0.717) is 38.5 Å². The van der Waals surface area contributed by atoms with Crippen LogP contribution in [0.15, 0.2) is 0 Å². The predicted octanol–water partition coefficient (Wildman–Crippen LogP) is 7.33. The van der Waals surface area contributed by atoms with Crippen LogP contribution < -0.4 is 0 Å². The van der Waals surface area contributed by atoms with Gasteiger partial charge in [-0.3, -0.25) is 0 Å². The molecule has 4 heteroatoms. The highest BCUT2D eigenvalue weighted by molar-refractivity contribution is 4.86. The van der Waals surface area contributed by atoms with Gasteiger partial charge in [0.05, 0.1) is 5.41 Å². The van der Waals surface area contributed by atoms with Gasteiger partial charge < -0.3 is 0 Å². The molecule has 0 atom stereocenters. The summed E-state index contributed by atoms with van der Waals surface area (Å²) in [6.45, 7) is 6.51. The van der Waals surface area contributed by atoms with Gasteiger partial charge >= 0.3 is 6.18 Å². The lowest BCUT2D eigenvalue weighted by Gasteiger charge is -2.37. The van der Waals surface area contributed by atoms with E-state index in [-0.39, 0.29) is 26.2 Å². The van der Waals surface area contributed by atoms with E-state index >= 15 is 0 Å². The standard InChI is InChI=1S/C9H15F3.C8H15F.CH4/c1-7-3-5-8(2,6-4-7)9(10,11)12;1-7-3-5-8(2,9)6-4-7;/h7H,3-6H2,1-2H3;7H,3-6H2,1-2H3;1H4/i2*7D;.